The molecule has 344 valence electrons. The van der Waals surface area contributed by atoms with Gasteiger partial charge >= 0.3 is 11.7 Å². The van der Waals surface area contributed by atoms with Crippen LogP contribution in [-0.2, 0) is 47.9 Å². The molecule has 5 amide bonds. The van der Waals surface area contributed by atoms with Crippen LogP contribution < -0.4 is 26.5 Å². The van der Waals surface area contributed by atoms with Gasteiger partial charge < -0.3 is 25.3 Å². The number of carbonyl (C=O) groups excluding carboxylic acids is 4. The molecule has 0 bridgehead atoms. The first-order valence-corrected chi connectivity index (χ1v) is 22.7. The number of urea groups is 1. The molecule has 0 saturated carbocycles. The lowest BCUT2D eigenvalue weighted by Crippen LogP contribution is -2.44. The number of benzene rings is 2. The highest BCUT2D eigenvalue weighted by atomic mass is 19.3. The van der Waals surface area contributed by atoms with Crippen LogP contribution in [0.1, 0.15) is 98.7 Å². The number of amides is 5. The number of likely N-dealkylation sites (tertiary alicyclic amines) is 1. The molecule has 65 heavy (non-hydrogen) atoms. The molecule has 0 aliphatic carbocycles. The first-order valence-electron chi connectivity index (χ1n) is 22.7. The second kappa shape index (κ2) is 18.2. The Labute approximate surface area is 374 Å². The van der Waals surface area contributed by atoms with Crippen LogP contribution in [0, 0.1) is 0 Å². The van der Waals surface area contributed by atoms with Crippen LogP contribution >= 0.6 is 0 Å². The van der Waals surface area contributed by atoms with E-state index in [2.05, 4.69) is 30.6 Å². The Morgan fingerprint density at radius 2 is 1.74 bits per heavy atom. The summed E-state index contributed by atoms with van der Waals surface area (Å²) in [5, 5.41) is 18.0. The number of aryl methyl sites for hydroxylation is 3. The van der Waals surface area contributed by atoms with Crippen molar-refractivity contribution in [1.29, 1.82) is 0 Å². The fourth-order valence-electron chi connectivity index (χ4n) is 10.2. The van der Waals surface area contributed by atoms with Gasteiger partial charge in [-0.05, 0) is 86.4 Å². The highest BCUT2D eigenvalue weighted by molar-refractivity contribution is 6.00. The number of imide groups is 1. The smallest absolute Gasteiger partial charge is 0.329 e. The van der Waals surface area contributed by atoms with Gasteiger partial charge in [0.1, 0.15) is 6.04 Å². The molecule has 2 aromatic carbocycles. The molecule has 17 nitrogen and oxygen atoms in total. The van der Waals surface area contributed by atoms with Crippen molar-refractivity contribution in [3.63, 3.8) is 0 Å². The molecule has 2 fully saturated rings. The monoisotopic (exact) mass is 894 g/mol. The number of unbranched alkanes of at least 4 members (excludes halogenated alkanes) is 2. The highest BCUT2D eigenvalue weighted by Crippen LogP contribution is 2.44. The summed E-state index contributed by atoms with van der Waals surface area (Å²) < 4.78 is 36.2. The van der Waals surface area contributed by atoms with E-state index in [9.17, 15) is 32.8 Å². The van der Waals surface area contributed by atoms with Crippen molar-refractivity contribution in [3.05, 3.63) is 75.6 Å². The molecular weight excluding hydrogens is 839 g/mol. The second-order valence-electron chi connectivity index (χ2n) is 17.7. The first kappa shape index (κ1) is 43.7. The largest absolute Gasteiger partial charge is 0.385 e. The van der Waals surface area contributed by atoms with Gasteiger partial charge in [-0.25, -0.2) is 18.4 Å². The van der Waals surface area contributed by atoms with Crippen LogP contribution in [0.2, 0.25) is 0 Å². The number of carbonyl (C=O) groups is 4. The average Bonchev–Trinajstić information content (AvgIpc) is 3.99. The predicted molar refractivity (Wildman–Crippen MR) is 240 cm³/mol. The van der Waals surface area contributed by atoms with E-state index >= 15 is 0 Å². The molecule has 4 aliphatic heterocycles. The number of anilines is 3. The summed E-state index contributed by atoms with van der Waals surface area (Å²) in [5.74, 6) is 0.0454. The minimum Gasteiger partial charge on any atom is -0.385 e. The summed E-state index contributed by atoms with van der Waals surface area (Å²) in [6.07, 6.45) is 7.70. The lowest BCUT2D eigenvalue weighted by molar-refractivity contribution is -0.136. The fourth-order valence-corrected chi connectivity index (χ4v) is 10.2. The summed E-state index contributed by atoms with van der Waals surface area (Å²) in [6.45, 7) is 3.40. The highest BCUT2D eigenvalue weighted by Gasteiger charge is 2.36. The maximum atomic E-state index is 14.7. The minimum absolute atomic E-state index is 0.0469. The van der Waals surface area contributed by atoms with E-state index in [0.29, 0.717) is 85.8 Å². The van der Waals surface area contributed by atoms with Gasteiger partial charge in [-0.2, -0.15) is 10.2 Å². The number of halogens is 2. The first-order chi connectivity index (χ1) is 31.4. The van der Waals surface area contributed by atoms with Gasteiger partial charge in [0.25, 0.3) is 6.43 Å². The van der Waals surface area contributed by atoms with Gasteiger partial charge in [-0.3, -0.25) is 38.2 Å². The molecule has 4 aliphatic rings. The van der Waals surface area contributed by atoms with Crippen molar-refractivity contribution < 1.29 is 28.0 Å². The van der Waals surface area contributed by atoms with E-state index in [1.54, 1.807) is 49.2 Å². The van der Waals surface area contributed by atoms with E-state index in [0.717, 1.165) is 67.5 Å². The van der Waals surface area contributed by atoms with Crippen molar-refractivity contribution in [2.75, 3.05) is 50.0 Å². The Morgan fingerprint density at radius 1 is 0.923 bits per heavy atom. The number of piperidine rings is 2. The number of hydrogen-bond donors (Lipinski definition) is 3. The number of aromatic nitrogens is 6. The molecule has 19 heteroatoms. The second-order valence-corrected chi connectivity index (χ2v) is 17.7. The molecule has 2 saturated heterocycles. The van der Waals surface area contributed by atoms with Crippen LogP contribution in [0.15, 0.2) is 47.5 Å². The molecule has 0 spiro atoms. The van der Waals surface area contributed by atoms with E-state index in [-0.39, 0.29) is 48.0 Å². The van der Waals surface area contributed by atoms with Crippen molar-refractivity contribution in [2.24, 2.45) is 14.1 Å². The summed E-state index contributed by atoms with van der Waals surface area (Å²) in [7, 11) is 5.06. The maximum Gasteiger partial charge on any atom is 0.329 e. The number of fused-ring (bicyclic) bond motifs is 3. The van der Waals surface area contributed by atoms with Crippen LogP contribution in [0.5, 0.6) is 0 Å². The van der Waals surface area contributed by atoms with E-state index in [4.69, 9.17) is 5.10 Å². The summed E-state index contributed by atoms with van der Waals surface area (Å²) >= 11 is 0. The van der Waals surface area contributed by atoms with Gasteiger partial charge in [0.2, 0.25) is 17.7 Å². The zero-order chi connectivity index (χ0) is 45.5. The minimum atomic E-state index is -2.69. The molecule has 3 aromatic heterocycles. The third-order valence-electron chi connectivity index (χ3n) is 13.6. The van der Waals surface area contributed by atoms with E-state index in [1.807, 2.05) is 29.2 Å². The lowest BCUT2D eigenvalue weighted by Gasteiger charge is -2.34. The van der Waals surface area contributed by atoms with Crippen LogP contribution in [0.25, 0.3) is 22.2 Å². The molecule has 1 unspecified atom stereocenters. The zero-order valence-electron chi connectivity index (χ0n) is 37.1. The normalized spacial score (nSPS) is 18.0. The molecule has 9 rings (SSSR count). The van der Waals surface area contributed by atoms with Gasteiger partial charge in [0.15, 0.2) is 5.82 Å². The van der Waals surface area contributed by atoms with Crippen LogP contribution in [0.3, 0.4) is 0 Å². The van der Waals surface area contributed by atoms with Crippen molar-refractivity contribution >= 4 is 52.0 Å². The van der Waals surface area contributed by atoms with Crippen LogP contribution in [0.4, 0.5) is 30.8 Å². The topological polar surface area (TPSA) is 177 Å². The Morgan fingerprint density at radius 3 is 2.48 bits per heavy atom. The van der Waals surface area contributed by atoms with Gasteiger partial charge in [0, 0.05) is 113 Å². The van der Waals surface area contributed by atoms with Gasteiger partial charge in [-0.15, -0.1) is 0 Å². The Hall–Kier alpha value is -6.53. The quantitative estimate of drug-likeness (QED) is 0.108. The number of nitrogens with one attached hydrogen (secondary N) is 3. The molecule has 1 atom stereocenters. The lowest BCUT2D eigenvalue weighted by atomic mass is 9.92. The Kier molecular flexibility index (Phi) is 12.2. The number of rotatable bonds is 12. The number of hydrogen-bond acceptors (Lipinski definition) is 9. The molecule has 0 radical (unpaired) electrons. The van der Waals surface area contributed by atoms with Gasteiger partial charge in [-0.1, -0.05) is 6.42 Å². The molecule has 5 aromatic rings. The average molecular weight is 895 g/mol. The number of nitrogens with zero attached hydrogens (tertiary/aromatic N) is 9. The summed E-state index contributed by atoms with van der Waals surface area (Å²) in [4.78, 5) is 69.4. The summed E-state index contributed by atoms with van der Waals surface area (Å²) in [6, 6.07) is 8.24. The van der Waals surface area contributed by atoms with Crippen LogP contribution in [-0.4, -0.2) is 102 Å². The maximum absolute atomic E-state index is 14.7. The predicted octanol–water partition coefficient (Wildman–Crippen LogP) is 5.47. The SMILES string of the molecule is CNC(=O)N1CCc2c(c(N3CCCc4cc(-c5cnn(C)c5)c(C(F)F)cc43)nn2C2CCN(C(=O)CCCCCNc3ccc4c(c3)n(C)c(=O)n4C3CCC(=O)NC3=O)CC2)C1. The van der Waals surface area contributed by atoms with Gasteiger partial charge in [0.05, 0.1) is 29.8 Å². The molecular formula is C46H56F2N12O5. The number of alkyl halides is 2. The third-order valence-corrected chi connectivity index (χ3v) is 13.6. The van der Waals surface area contributed by atoms with E-state index < -0.39 is 18.4 Å². The molecule has 7 heterocycles. The van der Waals surface area contributed by atoms with Crippen molar-refractivity contribution in [1.82, 2.24) is 49.1 Å². The zero-order valence-corrected chi connectivity index (χ0v) is 37.1. The standard InChI is InChI=1S/C46H56F2N12O5/c1-49-45(64)57-21-16-35-34(27-57)43(58-18-7-8-28-22-32(29-25-51-54(2)26-29)33(42(47)48)24-38(28)58)53-60(35)31-14-19-56(20-15-31)41(62)9-5-4-6-17-50-30-10-11-36-39(23-30)55(3)46(65)59(36)37-12-13-40(61)52-44(37)63/h10-11,22-26,31,37,42,50H,4-9,12-21,27H2,1-3H3,(H,49,64)(H,52,61,63). The van der Waals surface area contributed by atoms with Crippen molar-refractivity contribution in [2.45, 2.75) is 95.7 Å². The fraction of sp³-hybridized carbons (Fsp3) is 0.500. The number of imidazole rings is 1. The molecule has 3 N–H and O–H groups in total. The van der Waals surface area contributed by atoms with Crippen molar-refractivity contribution in [3.8, 4) is 11.1 Å². The third kappa shape index (κ3) is 8.47. The van der Waals surface area contributed by atoms with E-state index in [1.165, 1.54) is 9.13 Å². The Bertz CT molecular complexity index is 2710. The summed E-state index contributed by atoms with van der Waals surface area (Å²) in [5.41, 5.74) is 6.61. The Balaban J connectivity index is 0.819.